The molecule has 0 aliphatic heterocycles. The fourth-order valence-corrected chi connectivity index (χ4v) is 4.38. The summed E-state index contributed by atoms with van der Waals surface area (Å²) in [5, 5.41) is 0. The monoisotopic (exact) mass is 262 g/mol. The van der Waals surface area contributed by atoms with Crippen molar-refractivity contribution in [3.8, 4) is 0 Å². The Morgan fingerprint density at radius 1 is 1.12 bits per heavy atom. The van der Waals surface area contributed by atoms with Gasteiger partial charge >= 0.3 is 11.8 Å². The Labute approximate surface area is 89.6 Å². The van der Waals surface area contributed by atoms with Gasteiger partial charge < -0.3 is 0 Å². The molecule has 2 aliphatic rings. The molecule has 2 fully saturated rings. The van der Waals surface area contributed by atoms with Crippen molar-refractivity contribution in [3.05, 3.63) is 0 Å². The molecule has 8 heteroatoms. The van der Waals surface area contributed by atoms with Crippen molar-refractivity contribution < 1.29 is 30.5 Å². The molecule has 16 heavy (non-hydrogen) atoms. The first-order valence-corrected chi connectivity index (χ1v) is 6.26. The van der Waals surface area contributed by atoms with Crippen molar-refractivity contribution in [1.29, 1.82) is 0 Å². The Hall–Kier alpha value is -0.370. The Balaban J connectivity index is 2.57. The fourth-order valence-electron chi connectivity index (χ4n) is 2.89. The highest BCUT2D eigenvalue weighted by Crippen LogP contribution is 2.69. The molecule has 1 N–H and O–H groups in total. The maximum atomic E-state index is 13.3. The summed E-state index contributed by atoms with van der Waals surface area (Å²) in [6, 6.07) is 0. The predicted octanol–water partition coefficient (Wildman–Crippen LogP) is 2.09. The van der Waals surface area contributed by atoms with Crippen LogP contribution in [0.3, 0.4) is 0 Å². The van der Waals surface area contributed by atoms with Crippen LogP contribution in [-0.2, 0) is 10.1 Å². The van der Waals surface area contributed by atoms with Crippen LogP contribution in [0.4, 0.5) is 17.6 Å². The van der Waals surface area contributed by atoms with E-state index in [1.165, 1.54) is 0 Å². The molecular formula is C8H10F4O3S. The van der Waals surface area contributed by atoms with Crippen molar-refractivity contribution >= 4 is 10.1 Å². The fraction of sp³-hybridized carbons (Fsp3) is 1.00. The van der Waals surface area contributed by atoms with E-state index in [0.717, 1.165) is 0 Å². The van der Waals surface area contributed by atoms with Gasteiger partial charge in [0.2, 0.25) is 0 Å². The maximum Gasteiger partial charge on any atom is 0.332 e. The Kier molecular flexibility index (Phi) is 2.19. The van der Waals surface area contributed by atoms with Gasteiger partial charge in [-0.25, -0.2) is 0 Å². The first kappa shape index (κ1) is 12.1. The lowest BCUT2D eigenvalue weighted by atomic mass is 9.59. The first-order valence-electron chi connectivity index (χ1n) is 4.82. The van der Waals surface area contributed by atoms with Gasteiger partial charge in [0, 0.05) is 0 Å². The maximum absolute atomic E-state index is 13.3. The van der Waals surface area contributed by atoms with Crippen LogP contribution in [-0.4, -0.2) is 29.6 Å². The lowest BCUT2D eigenvalue weighted by molar-refractivity contribution is -0.348. The summed E-state index contributed by atoms with van der Waals surface area (Å²) in [4.78, 5) is 0. The molecule has 0 amide bonds. The molecule has 2 aliphatic carbocycles. The minimum Gasteiger partial charge on any atom is -0.285 e. The van der Waals surface area contributed by atoms with Crippen LogP contribution < -0.4 is 0 Å². The molecule has 0 saturated heterocycles. The van der Waals surface area contributed by atoms with Crippen LogP contribution in [0, 0.1) is 5.92 Å². The van der Waals surface area contributed by atoms with E-state index in [2.05, 4.69) is 0 Å². The normalized spacial score (nSPS) is 40.9. The van der Waals surface area contributed by atoms with E-state index in [4.69, 9.17) is 4.55 Å². The topological polar surface area (TPSA) is 54.4 Å². The van der Waals surface area contributed by atoms with E-state index >= 15 is 0 Å². The number of halogens is 4. The second kappa shape index (κ2) is 2.90. The number of rotatable bonds is 1. The largest absolute Gasteiger partial charge is 0.332 e. The van der Waals surface area contributed by atoms with Crippen LogP contribution in [0.1, 0.15) is 25.7 Å². The van der Waals surface area contributed by atoms with Gasteiger partial charge in [-0.05, 0) is 12.8 Å². The molecule has 0 aromatic carbocycles. The smallest absolute Gasteiger partial charge is 0.285 e. The Morgan fingerprint density at radius 3 is 2.12 bits per heavy atom. The van der Waals surface area contributed by atoms with Crippen LogP contribution in [0.2, 0.25) is 0 Å². The van der Waals surface area contributed by atoms with Crippen molar-refractivity contribution in [1.82, 2.24) is 0 Å². The van der Waals surface area contributed by atoms with Gasteiger partial charge in [0.15, 0.2) is 4.75 Å². The zero-order chi connectivity index (χ0) is 12.4. The lowest BCUT2D eigenvalue weighted by Gasteiger charge is -2.59. The van der Waals surface area contributed by atoms with Crippen molar-refractivity contribution in [3.63, 3.8) is 0 Å². The van der Waals surface area contributed by atoms with Gasteiger partial charge in [-0.1, -0.05) is 12.8 Å². The summed E-state index contributed by atoms with van der Waals surface area (Å²) in [5.74, 6) is -11.0. The van der Waals surface area contributed by atoms with Gasteiger partial charge in [-0.15, -0.1) is 0 Å². The molecule has 2 saturated carbocycles. The third-order valence-corrected chi connectivity index (χ3v) is 5.37. The zero-order valence-electron chi connectivity index (χ0n) is 8.09. The lowest BCUT2D eigenvalue weighted by Crippen LogP contribution is -2.81. The zero-order valence-corrected chi connectivity index (χ0v) is 8.91. The molecule has 94 valence electrons. The SMILES string of the molecule is O=S(=O)(O)C12CCCCC1C(F)(F)C2(F)F. The summed E-state index contributed by atoms with van der Waals surface area (Å²) in [6.45, 7) is 0. The summed E-state index contributed by atoms with van der Waals surface area (Å²) in [6.07, 6.45) is -0.545. The van der Waals surface area contributed by atoms with E-state index in [1.54, 1.807) is 0 Å². The minimum atomic E-state index is -5.20. The Morgan fingerprint density at radius 2 is 1.69 bits per heavy atom. The van der Waals surface area contributed by atoms with Gasteiger partial charge in [-0.2, -0.15) is 26.0 Å². The predicted molar refractivity (Wildman–Crippen MR) is 46.1 cm³/mol. The Bertz CT molecular complexity index is 419. The second-order valence-electron chi connectivity index (χ2n) is 4.36. The van der Waals surface area contributed by atoms with Crippen molar-refractivity contribution in [2.75, 3.05) is 0 Å². The van der Waals surface area contributed by atoms with Gasteiger partial charge in [0.25, 0.3) is 10.1 Å². The van der Waals surface area contributed by atoms with Crippen molar-refractivity contribution in [2.45, 2.75) is 42.3 Å². The third kappa shape index (κ3) is 1.000. The molecular weight excluding hydrogens is 252 g/mol. The third-order valence-electron chi connectivity index (χ3n) is 3.70. The summed E-state index contributed by atoms with van der Waals surface area (Å²) >= 11 is 0. The molecule has 2 rings (SSSR count). The van der Waals surface area contributed by atoms with E-state index in [-0.39, 0.29) is 19.3 Å². The molecule has 2 unspecified atom stereocenters. The number of hydrogen-bond acceptors (Lipinski definition) is 2. The first-order chi connectivity index (χ1) is 7.09. The quantitative estimate of drug-likeness (QED) is 0.581. The van der Waals surface area contributed by atoms with E-state index in [0.29, 0.717) is 0 Å². The standard InChI is InChI=1S/C8H10F4O3S/c9-7(10)5-3-1-2-4-6(5,8(7,11)12)16(13,14)15/h5H,1-4H2,(H,13,14,15). The average molecular weight is 262 g/mol. The van der Waals surface area contributed by atoms with Crippen molar-refractivity contribution in [2.24, 2.45) is 5.92 Å². The number of fused-ring (bicyclic) bond motifs is 1. The number of alkyl halides is 4. The van der Waals surface area contributed by atoms with Gasteiger partial charge in [0.05, 0.1) is 5.92 Å². The summed E-state index contributed by atoms with van der Waals surface area (Å²) in [5.41, 5.74) is 0. The molecule has 2 atom stereocenters. The van der Waals surface area contributed by atoms with E-state index in [1.807, 2.05) is 0 Å². The highest BCUT2D eigenvalue weighted by Gasteiger charge is 2.90. The molecule has 0 aromatic heterocycles. The highest BCUT2D eigenvalue weighted by molar-refractivity contribution is 7.87. The molecule has 3 nitrogen and oxygen atoms in total. The van der Waals surface area contributed by atoms with Crippen LogP contribution in [0.25, 0.3) is 0 Å². The van der Waals surface area contributed by atoms with Gasteiger partial charge in [-0.3, -0.25) is 4.55 Å². The molecule has 0 heterocycles. The van der Waals surface area contributed by atoms with Crippen LogP contribution >= 0.6 is 0 Å². The highest BCUT2D eigenvalue weighted by atomic mass is 32.2. The second-order valence-corrected chi connectivity index (χ2v) is 6.04. The minimum absolute atomic E-state index is 0.0992. The summed E-state index contributed by atoms with van der Waals surface area (Å²) < 4.78 is 80.7. The molecule has 0 bridgehead atoms. The molecule has 0 spiro atoms. The average Bonchev–Trinajstić information content (AvgIpc) is 2.15. The van der Waals surface area contributed by atoms with Crippen LogP contribution in [0.5, 0.6) is 0 Å². The number of hydrogen-bond donors (Lipinski definition) is 1. The molecule has 0 aromatic rings. The van der Waals surface area contributed by atoms with E-state index < -0.39 is 39.0 Å². The van der Waals surface area contributed by atoms with E-state index in [9.17, 15) is 26.0 Å². The summed E-state index contributed by atoms with van der Waals surface area (Å²) in [7, 11) is -5.20. The van der Waals surface area contributed by atoms with Gasteiger partial charge in [0.1, 0.15) is 0 Å². The molecule has 0 radical (unpaired) electrons. The van der Waals surface area contributed by atoms with Crippen LogP contribution in [0.15, 0.2) is 0 Å².